The fraction of sp³-hybridized carbons (Fsp3) is 0.231. The van der Waals surface area contributed by atoms with Crippen molar-refractivity contribution in [2.75, 3.05) is 19.5 Å². The van der Waals surface area contributed by atoms with Crippen LogP contribution in [0.4, 0.5) is 18.3 Å². The number of halogens is 3. The molecular formula is C26H21F3N4O4S. The molecule has 8 nitrogen and oxygen atoms in total. The number of hydrogen-bond donors (Lipinski definition) is 1. The van der Waals surface area contributed by atoms with E-state index >= 15 is 0 Å². The number of hydrogen-bond acceptors (Lipinski definition) is 8. The van der Waals surface area contributed by atoms with Gasteiger partial charge in [0.2, 0.25) is 11.8 Å². The van der Waals surface area contributed by atoms with Crippen molar-refractivity contribution >= 4 is 22.4 Å². The largest absolute Gasteiger partial charge is 0.484 e. The third kappa shape index (κ3) is 4.99. The molecule has 1 atom stereocenters. The summed E-state index contributed by atoms with van der Waals surface area (Å²) in [5.74, 6) is -0.484. The number of nitrogens with zero attached hydrogens (tertiary/aromatic N) is 3. The molecule has 0 saturated heterocycles. The summed E-state index contributed by atoms with van der Waals surface area (Å²) in [6.07, 6.45) is -2.74. The first-order valence-electron chi connectivity index (χ1n) is 11.5. The Bertz CT molecular complexity index is 1460. The van der Waals surface area contributed by atoms with Gasteiger partial charge in [-0.15, -0.1) is 0 Å². The van der Waals surface area contributed by atoms with Gasteiger partial charge in [-0.3, -0.25) is 10.1 Å². The number of alkyl halides is 3. The fourth-order valence-electron chi connectivity index (χ4n) is 4.15. The number of methoxy groups -OCH3 is 2. The van der Waals surface area contributed by atoms with Crippen molar-refractivity contribution in [3.63, 3.8) is 0 Å². The standard InChI is InChI=1S/C26H21F3N4O4S/c1-35-23-19(24(36-2)31-13-30-23)22(34)33-25-32-20-16-10-9-15(26(27,28)29)12-18(16)37-17(21(20)38-25)11-8-14-6-4-3-5-7-14/h3-7,9-10,12-13,17H,8,11H2,1-2H3,(H,32,33,34). The lowest BCUT2D eigenvalue weighted by molar-refractivity contribution is -0.137. The number of aryl methyl sites for hydroxylation is 1. The number of carbonyl (C=O) groups excluding carboxylic acids is 1. The summed E-state index contributed by atoms with van der Waals surface area (Å²) >= 11 is 1.19. The summed E-state index contributed by atoms with van der Waals surface area (Å²) in [4.78, 5) is 26.3. The Balaban J connectivity index is 1.50. The van der Waals surface area contributed by atoms with E-state index in [1.807, 2.05) is 30.3 Å². The number of ether oxygens (including phenoxy) is 3. The highest BCUT2D eigenvalue weighted by Crippen LogP contribution is 2.48. The summed E-state index contributed by atoms with van der Waals surface area (Å²) in [5.41, 5.74) is 1.11. The van der Waals surface area contributed by atoms with E-state index in [2.05, 4.69) is 20.3 Å². The summed E-state index contributed by atoms with van der Waals surface area (Å²) in [6, 6.07) is 13.0. The Labute approximate surface area is 219 Å². The molecule has 0 bridgehead atoms. The van der Waals surface area contributed by atoms with Gasteiger partial charge in [0.1, 0.15) is 18.2 Å². The maximum absolute atomic E-state index is 13.4. The van der Waals surface area contributed by atoms with Gasteiger partial charge in [0.25, 0.3) is 5.91 Å². The van der Waals surface area contributed by atoms with Gasteiger partial charge in [-0.1, -0.05) is 41.7 Å². The Hall–Kier alpha value is -4.19. The third-order valence-corrected chi connectivity index (χ3v) is 6.99. The van der Waals surface area contributed by atoms with Crippen molar-refractivity contribution in [1.82, 2.24) is 15.0 Å². The number of amides is 1. The topological polar surface area (TPSA) is 95.5 Å². The van der Waals surface area contributed by atoms with Gasteiger partial charge in [-0.25, -0.2) is 15.0 Å². The zero-order valence-corrected chi connectivity index (χ0v) is 21.0. The van der Waals surface area contributed by atoms with Crippen LogP contribution in [0.25, 0.3) is 11.3 Å². The molecule has 38 heavy (non-hydrogen) atoms. The second kappa shape index (κ2) is 10.3. The van der Waals surface area contributed by atoms with Crippen LogP contribution in [0.2, 0.25) is 0 Å². The molecule has 3 heterocycles. The lowest BCUT2D eigenvalue weighted by Crippen LogP contribution is -2.16. The van der Waals surface area contributed by atoms with Gasteiger partial charge in [-0.2, -0.15) is 13.2 Å². The molecule has 196 valence electrons. The smallest absolute Gasteiger partial charge is 0.416 e. The van der Waals surface area contributed by atoms with Crippen molar-refractivity contribution in [2.45, 2.75) is 25.1 Å². The molecule has 0 radical (unpaired) electrons. The van der Waals surface area contributed by atoms with Crippen LogP contribution in [0.15, 0.2) is 54.9 Å². The Kier molecular flexibility index (Phi) is 6.89. The fourth-order valence-corrected chi connectivity index (χ4v) is 5.18. The highest BCUT2D eigenvalue weighted by atomic mass is 32.1. The number of fused-ring (bicyclic) bond motifs is 3. The molecule has 1 amide bonds. The molecular weight excluding hydrogens is 521 g/mol. The molecule has 0 aliphatic carbocycles. The average Bonchev–Trinajstić information content (AvgIpc) is 3.34. The van der Waals surface area contributed by atoms with Gasteiger partial charge >= 0.3 is 6.18 Å². The Morgan fingerprint density at radius 3 is 2.45 bits per heavy atom. The summed E-state index contributed by atoms with van der Waals surface area (Å²) in [7, 11) is 2.73. The number of carbonyl (C=O) groups is 1. The van der Waals surface area contributed by atoms with E-state index in [0.29, 0.717) is 29.0 Å². The van der Waals surface area contributed by atoms with Crippen LogP contribution in [0.3, 0.4) is 0 Å². The van der Waals surface area contributed by atoms with Crippen LogP contribution in [0, 0.1) is 0 Å². The molecule has 2 aromatic carbocycles. The summed E-state index contributed by atoms with van der Waals surface area (Å²) in [5, 5.41) is 2.95. The first-order chi connectivity index (χ1) is 18.3. The van der Waals surface area contributed by atoms with E-state index in [-0.39, 0.29) is 28.2 Å². The molecule has 0 spiro atoms. The number of aromatic nitrogens is 3. The molecule has 2 aromatic heterocycles. The van der Waals surface area contributed by atoms with Crippen LogP contribution in [0.1, 0.15) is 38.9 Å². The molecule has 1 N–H and O–H groups in total. The lowest BCUT2D eigenvalue weighted by atomic mass is 9.98. The Morgan fingerprint density at radius 2 is 1.79 bits per heavy atom. The van der Waals surface area contributed by atoms with E-state index in [1.165, 1.54) is 38.0 Å². The van der Waals surface area contributed by atoms with Crippen molar-refractivity contribution < 1.29 is 32.2 Å². The second-order valence-corrected chi connectivity index (χ2v) is 9.32. The number of benzene rings is 2. The number of anilines is 1. The van der Waals surface area contributed by atoms with Crippen molar-refractivity contribution in [3.8, 4) is 28.8 Å². The lowest BCUT2D eigenvalue weighted by Gasteiger charge is -2.26. The predicted octanol–water partition coefficient (Wildman–Crippen LogP) is 5.95. The van der Waals surface area contributed by atoms with Crippen LogP contribution in [-0.2, 0) is 12.6 Å². The predicted molar refractivity (Wildman–Crippen MR) is 134 cm³/mol. The minimum atomic E-state index is -4.52. The first-order valence-corrected chi connectivity index (χ1v) is 12.3. The average molecular weight is 543 g/mol. The zero-order chi connectivity index (χ0) is 26.9. The monoisotopic (exact) mass is 542 g/mol. The van der Waals surface area contributed by atoms with E-state index in [0.717, 1.165) is 17.7 Å². The molecule has 1 unspecified atom stereocenters. The summed E-state index contributed by atoms with van der Waals surface area (Å²) in [6.45, 7) is 0. The minimum absolute atomic E-state index is 0.0160. The maximum atomic E-state index is 13.4. The first kappa shape index (κ1) is 25.5. The summed E-state index contributed by atoms with van der Waals surface area (Å²) < 4.78 is 56.7. The second-order valence-electron chi connectivity index (χ2n) is 8.29. The van der Waals surface area contributed by atoms with Crippen LogP contribution in [-0.4, -0.2) is 35.1 Å². The number of nitrogens with one attached hydrogen (secondary N) is 1. The van der Waals surface area contributed by atoms with Crippen molar-refractivity contribution in [1.29, 1.82) is 0 Å². The van der Waals surface area contributed by atoms with Gasteiger partial charge in [0, 0.05) is 5.56 Å². The van der Waals surface area contributed by atoms with Crippen LogP contribution >= 0.6 is 11.3 Å². The Morgan fingerprint density at radius 1 is 1.08 bits per heavy atom. The van der Waals surface area contributed by atoms with E-state index in [9.17, 15) is 18.0 Å². The molecule has 12 heteroatoms. The highest BCUT2D eigenvalue weighted by Gasteiger charge is 2.35. The normalized spacial score (nSPS) is 14.2. The molecule has 1 aliphatic heterocycles. The van der Waals surface area contributed by atoms with Crippen molar-refractivity contribution in [3.05, 3.63) is 76.4 Å². The van der Waals surface area contributed by atoms with E-state index in [1.54, 1.807) is 0 Å². The SMILES string of the molecule is COc1ncnc(OC)c1C(=O)Nc1nc2c(s1)C(CCc1ccccc1)Oc1cc(C(F)(F)F)ccc1-2. The maximum Gasteiger partial charge on any atom is 0.416 e. The quantitative estimate of drug-likeness (QED) is 0.308. The number of thiazole rings is 1. The highest BCUT2D eigenvalue weighted by molar-refractivity contribution is 7.16. The molecule has 5 rings (SSSR count). The van der Waals surface area contributed by atoms with Gasteiger partial charge in [0.15, 0.2) is 10.7 Å². The van der Waals surface area contributed by atoms with Gasteiger partial charge < -0.3 is 14.2 Å². The van der Waals surface area contributed by atoms with Gasteiger partial charge in [-0.05, 0) is 36.6 Å². The third-order valence-electron chi connectivity index (χ3n) is 5.93. The molecule has 0 saturated carbocycles. The van der Waals surface area contributed by atoms with Crippen molar-refractivity contribution in [2.24, 2.45) is 0 Å². The van der Waals surface area contributed by atoms with E-state index < -0.39 is 23.8 Å². The minimum Gasteiger partial charge on any atom is -0.484 e. The molecule has 0 fully saturated rings. The zero-order valence-electron chi connectivity index (χ0n) is 20.2. The van der Waals surface area contributed by atoms with Crippen LogP contribution < -0.4 is 19.5 Å². The van der Waals surface area contributed by atoms with E-state index in [4.69, 9.17) is 14.2 Å². The van der Waals surface area contributed by atoms with Gasteiger partial charge in [0.05, 0.1) is 30.4 Å². The number of rotatable bonds is 7. The molecule has 4 aromatic rings. The molecule has 1 aliphatic rings. The van der Waals surface area contributed by atoms with Crippen LogP contribution in [0.5, 0.6) is 17.5 Å².